The second kappa shape index (κ2) is 4.70. The average molecular weight is 247 g/mol. The molecule has 0 fully saturated rings. The first kappa shape index (κ1) is 11.7. The highest BCUT2D eigenvalue weighted by molar-refractivity contribution is 5.83. The maximum absolute atomic E-state index is 11.4. The highest BCUT2D eigenvalue weighted by Gasteiger charge is 2.15. The predicted octanol–water partition coefficient (Wildman–Crippen LogP) is 3.28. The third-order valence-corrected chi connectivity index (χ3v) is 3.61. The Balaban J connectivity index is 1.97. The Kier molecular flexibility index (Phi) is 2.89. The van der Waals surface area contributed by atoms with Crippen molar-refractivity contribution in [2.24, 2.45) is 0 Å². The summed E-state index contributed by atoms with van der Waals surface area (Å²) in [6.07, 6.45) is 2.07. The molecule has 0 saturated carbocycles. The summed E-state index contributed by atoms with van der Waals surface area (Å²) in [5.41, 5.74) is 5.37. The molecule has 2 aromatic rings. The third-order valence-electron chi connectivity index (χ3n) is 3.61. The molecule has 0 aromatic heterocycles. The molecule has 0 heterocycles. The van der Waals surface area contributed by atoms with Gasteiger partial charge in [0.25, 0.3) is 0 Å². The van der Waals surface area contributed by atoms with E-state index in [1.807, 2.05) is 24.3 Å². The van der Waals surface area contributed by atoms with E-state index in [1.165, 1.54) is 5.56 Å². The van der Waals surface area contributed by atoms with Crippen LogP contribution in [0.5, 0.6) is 0 Å². The fourth-order valence-electron chi connectivity index (χ4n) is 2.52. The molecule has 19 heavy (non-hydrogen) atoms. The Morgan fingerprint density at radius 1 is 0.895 bits per heavy atom. The van der Waals surface area contributed by atoms with Gasteiger partial charge in [-0.1, -0.05) is 30.3 Å². The van der Waals surface area contributed by atoms with E-state index in [4.69, 9.17) is 5.26 Å². The van der Waals surface area contributed by atoms with E-state index in [9.17, 15) is 4.79 Å². The molecule has 3 rings (SSSR count). The van der Waals surface area contributed by atoms with Crippen molar-refractivity contribution in [2.45, 2.75) is 19.3 Å². The van der Waals surface area contributed by atoms with Crippen LogP contribution in [0.4, 0.5) is 0 Å². The SMILES string of the molecule is N#Cc1ccc(-c2ccc3c(c2)CCC(=O)C3)cc1. The molecular formula is C17H13NO. The van der Waals surface area contributed by atoms with Crippen LogP contribution in [0.2, 0.25) is 0 Å². The second-order valence-electron chi connectivity index (χ2n) is 4.89. The zero-order chi connectivity index (χ0) is 13.2. The number of fused-ring (bicyclic) bond motifs is 1. The van der Waals surface area contributed by atoms with Crippen LogP contribution >= 0.6 is 0 Å². The van der Waals surface area contributed by atoms with E-state index in [1.54, 1.807) is 0 Å². The summed E-state index contributed by atoms with van der Waals surface area (Å²) in [5.74, 6) is 0.332. The zero-order valence-electron chi connectivity index (χ0n) is 10.5. The molecule has 0 radical (unpaired) electrons. The highest BCUT2D eigenvalue weighted by atomic mass is 16.1. The first-order chi connectivity index (χ1) is 9.26. The first-order valence-corrected chi connectivity index (χ1v) is 6.40. The lowest BCUT2D eigenvalue weighted by Crippen LogP contribution is -2.12. The number of benzene rings is 2. The fraction of sp³-hybridized carbons (Fsp3) is 0.176. The van der Waals surface area contributed by atoms with Crippen LogP contribution in [-0.2, 0) is 17.6 Å². The zero-order valence-corrected chi connectivity index (χ0v) is 10.5. The number of aryl methyl sites for hydroxylation is 1. The van der Waals surface area contributed by atoms with Crippen molar-refractivity contribution in [3.05, 3.63) is 59.2 Å². The summed E-state index contributed by atoms with van der Waals surface area (Å²) < 4.78 is 0. The summed E-state index contributed by atoms with van der Waals surface area (Å²) >= 11 is 0. The van der Waals surface area contributed by atoms with E-state index in [2.05, 4.69) is 24.3 Å². The van der Waals surface area contributed by atoms with Gasteiger partial charge in [0, 0.05) is 12.8 Å². The summed E-state index contributed by atoms with van der Waals surface area (Å²) in [6.45, 7) is 0. The molecule has 1 aliphatic rings. The maximum atomic E-state index is 11.4. The maximum Gasteiger partial charge on any atom is 0.137 e. The van der Waals surface area contributed by atoms with Crippen LogP contribution in [0, 0.1) is 11.3 Å². The summed E-state index contributed by atoms with van der Waals surface area (Å²) in [5, 5.41) is 8.80. The van der Waals surface area contributed by atoms with Crippen LogP contribution in [0.25, 0.3) is 11.1 Å². The van der Waals surface area contributed by atoms with Crippen molar-refractivity contribution in [3.63, 3.8) is 0 Å². The van der Waals surface area contributed by atoms with Gasteiger partial charge in [0.1, 0.15) is 5.78 Å². The van der Waals surface area contributed by atoms with Gasteiger partial charge in [0.2, 0.25) is 0 Å². The summed E-state index contributed by atoms with van der Waals surface area (Å²) in [4.78, 5) is 11.4. The van der Waals surface area contributed by atoms with Crippen molar-refractivity contribution in [1.82, 2.24) is 0 Å². The number of hydrogen-bond donors (Lipinski definition) is 0. The monoisotopic (exact) mass is 247 g/mol. The lowest BCUT2D eigenvalue weighted by molar-refractivity contribution is -0.118. The smallest absolute Gasteiger partial charge is 0.137 e. The van der Waals surface area contributed by atoms with E-state index < -0.39 is 0 Å². The Morgan fingerprint density at radius 3 is 2.37 bits per heavy atom. The lowest BCUT2D eigenvalue weighted by atomic mass is 9.88. The van der Waals surface area contributed by atoms with E-state index >= 15 is 0 Å². The predicted molar refractivity (Wildman–Crippen MR) is 73.6 cm³/mol. The van der Waals surface area contributed by atoms with Crippen molar-refractivity contribution in [2.75, 3.05) is 0 Å². The minimum absolute atomic E-state index is 0.332. The molecule has 92 valence electrons. The fourth-order valence-corrected chi connectivity index (χ4v) is 2.52. The Bertz CT molecular complexity index is 677. The third kappa shape index (κ3) is 2.28. The lowest BCUT2D eigenvalue weighted by Gasteiger charge is -2.16. The molecule has 2 nitrogen and oxygen atoms in total. The molecule has 0 aliphatic heterocycles. The van der Waals surface area contributed by atoms with Crippen LogP contribution in [-0.4, -0.2) is 5.78 Å². The van der Waals surface area contributed by atoms with Gasteiger partial charge in [0.15, 0.2) is 0 Å². The number of nitrogens with zero attached hydrogens (tertiary/aromatic N) is 1. The molecule has 2 aromatic carbocycles. The second-order valence-corrected chi connectivity index (χ2v) is 4.89. The van der Waals surface area contributed by atoms with Gasteiger partial charge in [-0.25, -0.2) is 0 Å². The molecule has 0 atom stereocenters. The minimum Gasteiger partial charge on any atom is -0.299 e. The molecule has 0 spiro atoms. The number of carbonyl (C=O) groups excluding carboxylic acids is 1. The normalized spacial score (nSPS) is 13.7. The van der Waals surface area contributed by atoms with Crippen molar-refractivity contribution in [1.29, 1.82) is 5.26 Å². The van der Waals surface area contributed by atoms with Gasteiger partial charge < -0.3 is 0 Å². The molecule has 0 amide bonds. The van der Waals surface area contributed by atoms with E-state index in [0.29, 0.717) is 24.2 Å². The van der Waals surface area contributed by atoms with Crippen LogP contribution < -0.4 is 0 Å². The van der Waals surface area contributed by atoms with Crippen molar-refractivity contribution in [3.8, 4) is 17.2 Å². The van der Waals surface area contributed by atoms with Crippen LogP contribution in [0.1, 0.15) is 23.1 Å². The molecule has 1 aliphatic carbocycles. The molecule has 0 unspecified atom stereocenters. The number of ketones is 1. The molecular weight excluding hydrogens is 234 g/mol. The largest absolute Gasteiger partial charge is 0.299 e. The standard InChI is InChI=1S/C17H13NO/c18-11-12-1-3-13(4-2-12)14-5-6-16-10-17(19)8-7-15(16)9-14/h1-6,9H,7-8,10H2. The van der Waals surface area contributed by atoms with Gasteiger partial charge in [0.05, 0.1) is 11.6 Å². The Hall–Kier alpha value is -2.40. The van der Waals surface area contributed by atoms with Crippen LogP contribution in [0.15, 0.2) is 42.5 Å². The minimum atomic E-state index is 0.332. The van der Waals surface area contributed by atoms with Gasteiger partial charge in [-0.05, 0) is 40.8 Å². The van der Waals surface area contributed by atoms with E-state index in [0.717, 1.165) is 23.1 Å². The molecule has 0 saturated heterocycles. The number of nitriles is 1. The number of Topliss-reactive ketones (excluding diaryl/α,β-unsaturated/α-hetero) is 1. The Morgan fingerprint density at radius 2 is 1.63 bits per heavy atom. The van der Waals surface area contributed by atoms with Gasteiger partial charge in [-0.3, -0.25) is 4.79 Å². The Labute approximate surface area is 112 Å². The summed E-state index contributed by atoms with van der Waals surface area (Å²) in [6, 6.07) is 16.0. The van der Waals surface area contributed by atoms with Crippen LogP contribution in [0.3, 0.4) is 0 Å². The molecule has 2 heteroatoms. The first-order valence-electron chi connectivity index (χ1n) is 6.40. The molecule has 0 bridgehead atoms. The summed E-state index contributed by atoms with van der Waals surface area (Å²) in [7, 11) is 0. The van der Waals surface area contributed by atoms with Crippen molar-refractivity contribution < 1.29 is 4.79 Å². The van der Waals surface area contributed by atoms with Gasteiger partial charge in [-0.15, -0.1) is 0 Å². The number of hydrogen-bond acceptors (Lipinski definition) is 2. The topological polar surface area (TPSA) is 40.9 Å². The quantitative estimate of drug-likeness (QED) is 0.776. The average Bonchev–Trinajstić information content (AvgIpc) is 2.47. The number of rotatable bonds is 1. The van der Waals surface area contributed by atoms with E-state index in [-0.39, 0.29) is 0 Å². The number of carbonyl (C=O) groups is 1. The highest BCUT2D eigenvalue weighted by Crippen LogP contribution is 2.26. The van der Waals surface area contributed by atoms with Gasteiger partial charge in [-0.2, -0.15) is 5.26 Å². The van der Waals surface area contributed by atoms with Crippen molar-refractivity contribution >= 4 is 5.78 Å². The van der Waals surface area contributed by atoms with Gasteiger partial charge >= 0.3 is 0 Å². The molecule has 0 N–H and O–H groups in total.